The number of alkyl halides is 3. The van der Waals surface area contributed by atoms with Gasteiger partial charge in [0, 0.05) is 37.6 Å². The van der Waals surface area contributed by atoms with E-state index in [2.05, 4.69) is 20.7 Å². The van der Waals surface area contributed by atoms with E-state index < -0.39 is 17.4 Å². The summed E-state index contributed by atoms with van der Waals surface area (Å²) in [5, 5.41) is 11.4. The van der Waals surface area contributed by atoms with Gasteiger partial charge in [-0.15, -0.1) is 11.3 Å². The van der Waals surface area contributed by atoms with E-state index in [1.807, 2.05) is 13.2 Å². The highest BCUT2D eigenvalue weighted by molar-refractivity contribution is 7.09. The Morgan fingerprint density at radius 3 is 2.69 bits per heavy atom. The van der Waals surface area contributed by atoms with E-state index >= 15 is 0 Å². The first-order valence-corrected chi connectivity index (χ1v) is 9.00. The Morgan fingerprint density at radius 2 is 2.12 bits per heavy atom. The molecule has 1 amide bonds. The Kier molecular flexibility index (Phi) is 4.82. The molecular formula is C16H20F3N5OS. The van der Waals surface area contributed by atoms with Gasteiger partial charge < -0.3 is 10.6 Å². The predicted octanol–water partition coefficient (Wildman–Crippen LogP) is 2.25. The lowest BCUT2D eigenvalue weighted by Gasteiger charge is -2.27. The summed E-state index contributed by atoms with van der Waals surface area (Å²) in [6, 6.07) is 0. The van der Waals surface area contributed by atoms with Crippen LogP contribution in [0.2, 0.25) is 0 Å². The van der Waals surface area contributed by atoms with Gasteiger partial charge >= 0.3 is 6.18 Å². The molecule has 0 bridgehead atoms. The third-order valence-corrected chi connectivity index (χ3v) is 5.63. The topological polar surface area (TPSA) is 71.8 Å². The number of carbonyl (C=O) groups is 1. The van der Waals surface area contributed by atoms with Crippen LogP contribution in [0.15, 0.2) is 17.8 Å². The summed E-state index contributed by atoms with van der Waals surface area (Å²) < 4.78 is 40.0. The van der Waals surface area contributed by atoms with Gasteiger partial charge in [-0.3, -0.25) is 9.48 Å². The molecule has 0 aliphatic carbocycles. The van der Waals surface area contributed by atoms with Crippen molar-refractivity contribution in [1.82, 2.24) is 25.4 Å². The van der Waals surface area contributed by atoms with Crippen LogP contribution in [0.5, 0.6) is 0 Å². The third-order valence-electron chi connectivity index (χ3n) is 4.47. The lowest BCUT2D eigenvalue weighted by molar-refractivity contribution is -0.140. The zero-order chi connectivity index (χ0) is 19.1. The van der Waals surface area contributed by atoms with Gasteiger partial charge in [0.2, 0.25) is 5.91 Å². The molecule has 6 nitrogen and oxygen atoms in total. The van der Waals surface area contributed by atoms with Crippen molar-refractivity contribution in [3.05, 3.63) is 34.0 Å². The van der Waals surface area contributed by atoms with E-state index in [0.29, 0.717) is 13.1 Å². The summed E-state index contributed by atoms with van der Waals surface area (Å²) in [7, 11) is 1.81. The standard InChI is InChI=1S/C16H20F3N5OS/c1-15(2,14-22-12(8-26-14)16(17,18)19)23-13(25)11-6-20-5-10(11)9-4-21-24(3)7-9/h4,7-8,10-11,20H,5-6H2,1-3H3,(H,23,25)/t10-,11+/m1/s1. The molecule has 3 rings (SSSR count). The van der Waals surface area contributed by atoms with Crippen LogP contribution < -0.4 is 10.6 Å². The molecule has 2 aromatic rings. The average molecular weight is 387 g/mol. The monoisotopic (exact) mass is 387 g/mol. The lowest BCUT2D eigenvalue weighted by Crippen LogP contribution is -2.45. The maximum atomic E-state index is 12.8. The van der Waals surface area contributed by atoms with Crippen LogP contribution >= 0.6 is 11.3 Å². The number of thiazole rings is 1. The SMILES string of the molecule is Cn1cc([C@H]2CNC[C@@H]2C(=O)NC(C)(C)c2nc(C(F)(F)F)cs2)cn1. The lowest BCUT2D eigenvalue weighted by atomic mass is 9.89. The highest BCUT2D eigenvalue weighted by Crippen LogP contribution is 2.34. The number of hydrogen-bond acceptors (Lipinski definition) is 5. The smallest absolute Gasteiger partial charge is 0.344 e. The van der Waals surface area contributed by atoms with Crippen LogP contribution in [-0.4, -0.2) is 33.8 Å². The Hall–Kier alpha value is -1.94. The number of halogens is 3. The quantitative estimate of drug-likeness (QED) is 0.844. The minimum absolute atomic E-state index is 0.0264. The zero-order valence-electron chi connectivity index (χ0n) is 14.6. The van der Waals surface area contributed by atoms with Crippen molar-refractivity contribution in [3.63, 3.8) is 0 Å². The Balaban J connectivity index is 1.74. The van der Waals surface area contributed by atoms with Gasteiger partial charge in [0.15, 0.2) is 5.69 Å². The predicted molar refractivity (Wildman–Crippen MR) is 90.6 cm³/mol. The van der Waals surface area contributed by atoms with E-state index in [1.54, 1.807) is 24.7 Å². The van der Waals surface area contributed by atoms with E-state index in [0.717, 1.165) is 22.3 Å². The van der Waals surface area contributed by atoms with E-state index in [9.17, 15) is 18.0 Å². The average Bonchev–Trinajstić information content (AvgIpc) is 3.25. The summed E-state index contributed by atoms with van der Waals surface area (Å²) in [4.78, 5) is 16.5. The molecule has 1 aliphatic heterocycles. The maximum absolute atomic E-state index is 12.8. The molecule has 26 heavy (non-hydrogen) atoms. The van der Waals surface area contributed by atoms with Gasteiger partial charge in [-0.2, -0.15) is 18.3 Å². The van der Waals surface area contributed by atoms with Gasteiger partial charge in [0.1, 0.15) is 5.01 Å². The molecule has 1 aliphatic rings. The molecule has 10 heteroatoms. The highest BCUT2D eigenvalue weighted by Gasteiger charge is 2.39. The summed E-state index contributed by atoms with van der Waals surface area (Å²) in [6.07, 6.45) is -0.880. The Labute approximate surface area is 152 Å². The second-order valence-corrected chi connectivity index (χ2v) is 7.83. The van der Waals surface area contributed by atoms with Gasteiger partial charge in [-0.25, -0.2) is 4.98 Å². The molecule has 2 aromatic heterocycles. The van der Waals surface area contributed by atoms with E-state index in [-0.39, 0.29) is 22.8 Å². The van der Waals surface area contributed by atoms with Gasteiger partial charge in [0.05, 0.1) is 17.7 Å². The molecule has 3 heterocycles. The molecule has 1 fully saturated rings. The number of hydrogen-bond donors (Lipinski definition) is 2. The molecule has 0 radical (unpaired) electrons. The maximum Gasteiger partial charge on any atom is 0.434 e. The van der Waals surface area contributed by atoms with Crippen molar-refractivity contribution in [3.8, 4) is 0 Å². The third kappa shape index (κ3) is 3.75. The van der Waals surface area contributed by atoms with E-state index in [4.69, 9.17) is 0 Å². The van der Waals surface area contributed by atoms with Gasteiger partial charge in [0.25, 0.3) is 0 Å². The van der Waals surface area contributed by atoms with Crippen LogP contribution in [0, 0.1) is 5.92 Å². The molecular weight excluding hydrogens is 367 g/mol. The number of carbonyl (C=O) groups excluding carboxylic acids is 1. The van der Waals surface area contributed by atoms with Crippen molar-refractivity contribution >= 4 is 17.2 Å². The van der Waals surface area contributed by atoms with Crippen molar-refractivity contribution in [2.45, 2.75) is 31.5 Å². The fraction of sp³-hybridized carbons (Fsp3) is 0.562. The van der Waals surface area contributed by atoms with Crippen LogP contribution in [0.4, 0.5) is 13.2 Å². The molecule has 2 N–H and O–H groups in total. The second kappa shape index (κ2) is 6.66. The first kappa shape index (κ1) is 18.8. The summed E-state index contributed by atoms with van der Waals surface area (Å²) in [5.41, 5.74) is -0.965. The van der Waals surface area contributed by atoms with Crippen molar-refractivity contribution < 1.29 is 18.0 Å². The summed E-state index contributed by atoms with van der Waals surface area (Å²) in [5.74, 6) is -0.556. The van der Waals surface area contributed by atoms with Gasteiger partial charge in [-0.1, -0.05) is 0 Å². The largest absolute Gasteiger partial charge is 0.434 e. The molecule has 0 aromatic carbocycles. The molecule has 142 valence electrons. The molecule has 0 unspecified atom stereocenters. The number of aryl methyl sites for hydroxylation is 1. The number of amides is 1. The fourth-order valence-electron chi connectivity index (χ4n) is 3.08. The molecule has 1 saturated heterocycles. The highest BCUT2D eigenvalue weighted by atomic mass is 32.1. The number of nitrogens with one attached hydrogen (secondary N) is 2. The number of nitrogens with zero attached hydrogens (tertiary/aromatic N) is 3. The fourth-order valence-corrected chi connectivity index (χ4v) is 3.99. The Morgan fingerprint density at radius 1 is 1.38 bits per heavy atom. The number of aromatic nitrogens is 3. The number of rotatable bonds is 4. The van der Waals surface area contributed by atoms with Gasteiger partial charge in [-0.05, 0) is 19.4 Å². The minimum atomic E-state index is -4.49. The second-order valence-electron chi connectivity index (χ2n) is 6.97. The first-order chi connectivity index (χ1) is 12.1. The summed E-state index contributed by atoms with van der Waals surface area (Å²) in [6.45, 7) is 4.48. The molecule has 0 saturated carbocycles. The molecule has 2 atom stereocenters. The normalized spacial score (nSPS) is 21.2. The van der Waals surface area contributed by atoms with Crippen LogP contribution in [0.1, 0.15) is 36.0 Å². The van der Waals surface area contributed by atoms with Crippen LogP contribution in [0.3, 0.4) is 0 Å². The molecule has 0 spiro atoms. The van der Waals surface area contributed by atoms with Crippen molar-refractivity contribution in [1.29, 1.82) is 0 Å². The van der Waals surface area contributed by atoms with Crippen LogP contribution in [-0.2, 0) is 23.6 Å². The summed E-state index contributed by atoms with van der Waals surface area (Å²) >= 11 is 0.894. The van der Waals surface area contributed by atoms with Crippen molar-refractivity contribution in [2.75, 3.05) is 13.1 Å². The van der Waals surface area contributed by atoms with Crippen molar-refractivity contribution in [2.24, 2.45) is 13.0 Å². The van der Waals surface area contributed by atoms with Crippen LogP contribution in [0.25, 0.3) is 0 Å². The Bertz CT molecular complexity index is 798. The van der Waals surface area contributed by atoms with E-state index in [1.165, 1.54) is 0 Å². The first-order valence-electron chi connectivity index (χ1n) is 8.12. The zero-order valence-corrected chi connectivity index (χ0v) is 15.4. The minimum Gasteiger partial charge on any atom is -0.344 e.